The average Bonchev–Trinajstić information content (AvgIpc) is 2.85. The smallest absolute Gasteiger partial charge is 0.419 e. The van der Waals surface area contributed by atoms with Crippen molar-refractivity contribution in [3.05, 3.63) is 29.6 Å². The number of alkyl halides is 3. The fourth-order valence-electron chi connectivity index (χ4n) is 7.39. The first-order chi connectivity index (χ1) is 17.2. The summed E-state index contributed by atoms with van der Waals surface area (Å²) in [5, 5.41) is 0. The first-order valence-corrected chi connectivity index (χ1v) is 14.3. The van der Waals surface area contributed by atoms with Crippen molar-refractivity contribution in [3.63, 3.8) is 0 Å². The van der Waals surface area contributed by atoms with Gasteiger partial charge in [0.05, 0.1) is 11.5 Å². The minimum Gasteiger partial charge on any atom is -0.426 e. The fraction of sp³-hybridized carbons (Fsp3) is 0.767. The second-order valence-electron chi connectivity index (χ2n) is 11.8. The highest BCUT2D eigenvalue weighted by atomic mass is 19.4. The molecule has 1 aromatic rings. The van der Waals surface area contributed by atoms with E-state index in [9.17, 15) is 22.4 Å². The Balaban J connectivity index is 1.20. The summed E-state index contributed by atoms with van der Waals surface area (Å²) in [6.07, 6.45) is 13.9. The molecule has 4 rings (SSSR count). The number of fused-ring (bicyclic) bond motifs is 1. The second-order valence-corrected chi connectivity index (χ2v) is 11.8. The van der Waals surface area contributed by atoms with E-state index in [1.165, 1.54) is 70.6 Å². The first kappa shape index (κ1) is 27.4. The van der Waals surface area contributed by atoms with Gasteiger partial charge in [-0.05, 0) is 99.5 Å². The zero-order valence-electron chi connectivity index (χ0n) is 21.6. The third-order valence-electron chi connectivity index (χ3n) is 9.46. The molecule has 0 saturated heterocycles. The molecule has 36 heavy (non-hydrogen) atoms. The fourth-order valence-corrected chi connectivity index (χ4v) is 7.39. The Morgan fingerprint density at radius 3 is 2.17 bits per heavy atom. The maximum absolute atomic E-state index is 13.8. The summed E-state index contributed by atoms with van der Waals surface area (Å²) < 4.78 is 57.3. The van der Waals surface area contributed by atoms with Gasteiger partial charge in [-0.25, -0.2) is 4.39 Å². The molecule has 3 fully saturated rings. The number of benzene rings is 1. The van der Waals surface area contributed by atoms with Gasteiger partial charge in [0.25, 0.3) is 0 Å². The SMILES string of the molecule is CCCCCCC1CCC2CC(C3CCC(C(=O)Oc4ccc(C(F)(F)F)c(F)c4)CC3)CCC2C1. The van der Waals surface area contributed by atoms with Gasteiger partial charge in [0, 0.05) is 6.07 Å². The zero-order valence-corrected chi connectivity index (χ0v) is 21.6. The summed E-state index contributed by atoms with van der Waals surface area (Å²) in [5.74, 6) is 1.87. The van der Waals surface area contributed by atoms with E-state index in [0.29, 0.717) is 18.1 Å². The van der Waals surface area contributed by atoms with Crippen LogP contribution >= 0.6 is 0 Å². The van der Waals surface area contributed by atoms with Gasteiger partial charge in [-0.1, -0.05) is 45.4 Å². The number of rotatable bonds is 8. The van der Waals surface area contributed by atoms with Crippen molar-refractivity contribution in [2.75, 3.05) is 0 Å². The Morgan fingerprint density at radius 2 is 1.50 bits per heavy atom. The Labute approximate surface area is 213 Å². The number of hydrogen-bond acceptors (Lipinski definition) is 2. The molecule has 0 aromatic heterocycles. The molecule has 0 radical (unpaired) electrons. The number of unbranched alkanes of at least 4 members (excludes halogenated alkanes) is 3. The van der Waals surface area contributed by atoms with E-state index in [1.54, 1.807) is 0 Å². The van der Waals surface area contributed by atoms with E-state index in [2.05, 4.69) is 6.92 Å². The first-order valence-electron chi connectivity index (χ1n) is 14.3. The molecule has 6 heteroatoms. The Bertz CT molecular complexity index is 859. The van der Waals surface area contributed by atoms with Gasteiger partial charge in [-0.2, -0.15) is 13.2 Å². The maximum Gasteiger partial charge on any atom is 0.419 e. The molecular weight excluding hydrogens is 468 g/mol. The summed E-state index contributed by atoms with van der Waals surface area (Å²) in [6, 6.07) is 2.31. The molecule has 1 aromatic carbocycles. The van der Waals surface area contributed by atoms with Crippen LogP contribution < -0.4 is 4.74 Å². The van der Waals surface area contributed by atoms with E-state index < -0.39 is 23.5 Å². The zero-order chi connectivity index (χ0) is 25.7. The van der Waals surface area contributed by atoms with Gasteiger partial charge in [-0.3, -0.25) is 4.79 Å². The molecule has 0 heterocycles. The summed E-state index contributed by atoms with van der Waals surface area (Å²) in [4.78, 5) is 12.6. The molecule has 4 unspecified atom stereocenters. The molecule has 3 saturated carbocycles. The number of carbonyl (C=O) groups is 1. The van der Waals surface area contributed by atoms with Gasteiger partial charge in [0.2, 0.25) is 0 Å². The highest BCUT2D eigenvalue weighted by Gasteiger charge is 2.40. The van der Waals surface area contributed by atoms with Gasteiger partial charge in [0.15, 0.2) is 0 Å². The van der Waals surface area contributed by atoms with E-state index in [-0.39, 0.29) is 11.7 Å². The van der Waals surface area contributed by atoms with Crippen LogP contribution in [0.2, 0.25) is 0 Å². The lowest BCUT2D eigenvalue weighted by molar-refractivity contribution is -0.140. The van der Waals surface area contributed by atoms with Crippen molar-refractivity contribution in [3.8, 4) is 5.75 Å². The third-order valence-corrected chi connectivity index (χ3v) is 9.46. The molecule has 0 amide bonds. The highest BCUT2D eigenvalue weighted by molar-refractivity contribution is 5.75. The molecule has 3 aliphatic rings. The van der Waals surface area contributed by atoms with Crippen molar-refractivity contribution >= 4 is 5.97 Å². The summed E-state index contributed by atoms with van der Waals surface area (Å²) >= 11 is 0. The molecular formula is C30H42F4O2. The standard InChI is InChI=1S/C30H42F4O2/c1-2-3-4-5-6-20-7-8-25-18-24(14-13-23(25)17-20)21-9-11-22(12-10-21)29(35)36-26-15-16-27(28(31)19-26)30(32,33)34/h15-16,19-25H,2-14,17-18H2,1H3. The summed E-state index contributed by atoms with van der Waals surface area (Å²) in [7, 11) is 0. The van der Waals surface area contributed by atoms with Crippen LogP contribution in [0.25, 0.3) is 0 Å². The van der Waals surface area contributed by atoms with Crippen LogP contribution in [0.15, 0.2) is 18.2 Å². The molecule has 202 valence electrons. The van der Waals surface area contributed by atoms with Crippen molar-refractivity contribution in [2.45, 2.75) is 109 Å². The molecule has 4 atom stereocenters. The van der Waals surface area contributed by atoms with Crippen molar-refractivity contribution < 1.29 is 27.1 Å². The van der Waals surface area contributed by atoms with Gasteiger partial charge >= 0.3 is 12.1 Å². The number of esters is 1. The molecule has 2 nitrogen and oxygen atoms in total. The predicted molar refractivity (Wildman–Crippen MR) is 133 cm³/mol. The normalized spacial score (nSPS) is 31.0. The molecule has 0 aliphatic heterocycles. The molecule has 3 aliphatic carbocycles. The molecule has 0 bridgehead atoms. The van der Waals surface area contributed by atoms with Crippen molar-refractivity contribution in [1.29, 1.82) is 0 Å². The molecule has 0 spiro atoms. The van der Waals surface area contributed by atoms with Crippen LogP contribution in [-0.2, 0) is 11.0 Å². The second kappa shape index (κ2) is 12.3. The lowest BCUT2D eigenvalue weighted by Crippen LogP contribution is -2.35. The minimum absolute atomic E-state index is 0.160. The minimum atomic E-state index is -4.77. The van der Waals surface area contributed by atoms with E-state index in [1.807, 2.05) is 0 Å². The van der Waals surface area contributed by atoms with Crippen LogP contribution in [-0.4, -0.2) is 5.97 Å². The topological polar surface area (TPSA) is 26.3 Å². The van der Waals surface area contributed by atoms with Crippen LogP contribution in [0.1, 0.15) is 109 Å². The third kappa shape index (κ3) is 7.04. The van der Waals surface area contributed by atoms with Crippen LogP contribution in [0.4, 0.5) is 17.6 Å². The van der Waals surface area contributed by atoms with Crippen LogP contribution in [0.5, 0.6) is 5.75 Å². The van der Waals surface area contributed by atoms with Gasteiger partial charge < -0.3 is 4.74 Å². The average molecular weight is 511 g/mol. The molecule has 0 N–H and O–H groups in total. The lowest BCUT2D eigenvalue weighted by atomic mass is 9.60. The Hall–Kier alpha value is -1.59. The number of hydrogen-bond donors (Lipinski definition) is 0. The van der Waals surface area contributed by atoms with Gasteiger partial charge in [0.1, 0.15) is 11.6 Å². The van der Waals surface area contributed by atoms with Crippen molar-refractivity contribution in [2.24, 2.45) is 35.5 Å². The van der Waals surface area contributed by atoms with E-state index in [0.717, 1.165) is 55.4 Å². The largest absolute Gasteiger partial charge is 0.426 e. The van der Waals surface area contributed by atoms with E-state index in [4.69, 9.17) is 4.74 Å². The van der Waals surface area contributed by atoms with Crippen LogP contribution in [0, 0.1) is 41.3 Å². The maximum atomic E-state index is 13.8. The number of ether oxygens (including phenoxy) is 1. The Kier molecular flexibility index (Phi) is 9.38. The van der Waals surface area contributed by atoms with Crippen LogP contribution in [0.3, 0.4) is 0 Å². The lowest BCUT2D eigenvalue weighted by Gasteiger charge is -2.45. The summed E-state index contributed by atoms with van der Waals surface area (Å²) in [6.45, 7) is 2.27. The van der Waals surface area contributed by atoms with E-state index >= 15 is 0 Å². The van der Waals surface area contributed by atoms with Gasteiger partial charge in [-0.15, -0.1) is 0 Å². The number of carbonyl (C=O) groups excluding carboxylic acids is 1. The Morgan fingerprint density at radius 1 is 0.861 bits per heavy atom. The summed E-state index contributed by atoms with van der Waals surface area (Å²) in [5.41, 5.74) is -1.35. The quantitative estimate of drug-likeness (QED) is 0.151. The predicted octanol–water partition coefficient (Wildman–Crippen LogP) is 9.36. The van der Waals surface area contributed by atoms with Crippen molar-refractivity contribution in [1.82, 2.24) is 0 Å². The number of halogens is 4. The monoisotopic (exact) mass is 510 g/mol. The highest BCUT2D eigenvalue weighted by Crippen LogP contribution is 2.49.